The van der Waals surface area contributed by atoms with Gasteiger partial charge in [-0.15, -0.1) is 0 Å². The molecule has 1 rings (SSSR count). The SMILES string of the molecule is C=[C]([Se]c1ccc(C)cc1)[Sn]([CH2]CCC)([CH2]CCC)[CH2]CCC. The van der Waals surface area contributed by atoms with Crippen molar-refractivity contribution < 1.29 is 0 Å². The Morgan fingerprint density at radius 1 is 0.870 bits per heavy atom. The van der Waals surface area contributed by atoms with Gasteiger partial charge in [0.1, 0.15) is 0 Å². The predicted octanol–water partition coefficient (Wildman–Crippen LogP) is 6.23. The third-order valence-corrected chi connectivity index (χ3v) is 28.7. The molecule has 0 spiro atoms. The van der Waals surface area contributed by atoms with Gasteiger partial charge in [-0.3, -0.25) is 0 Å². The summed E-state index contributed by atoms with van der Waals surface area (Å²) in [5.74, 6) is 0. The Bertz CT molecular complexity index is 428. The van der Waals surface area contributed by atoms with Gasteiger partial charge in [0.25, 0.3) is 0 Å². The summed E-state index contributed by atoms with van der Waals surface area (Å²) in [7, 11) is 0. The molecule has 0 aromatic heterocycles. The summed E-state index contributed by atoms with van der Waals surface area (Å²) in [5, 5.41) is 0. The van der Waals surface area contributed by atoms with Crippen LogP contribution in [0.5, 0.6) is 0 Å². The van der Waals surface area contributed by atoms with Crippen molar-refractivity contribution in [1.82, 2.24) is 0 Å². The first-order valence-corrected chi connectivity index (χ1v) is 18.7. The second-order valence-corrected chi connectivity index (χ2v) is 25.0. The topological polar surface area (TPSA) is 0 Å². The van der Waals surface area contributed by atoms with Gasteiger partial charge in [-0.2, -0.15) is 0 Å². The van der Waals surface area contributed by atoms with Crippen LogP contribution in [0.25, 0.3) is 0 Å². The first-order valence-electron chi connectivity index (χ1n) is 9.52. The predicted molar refractivity (Wildman–Crippen MR) is 111 cm³/mol. The van der Waals surface area contributed by atoms with Gasteiger partial charge in [-0.05, 0) is 0 Å². The summed E-state index contributed by atoms with van der Waals surface area (Å²) >= 11 is -1.71. The molecule has 0 unspecified atom stereocenters. The van der Waals surface area contributed by atoms with Crippen molar-refractivity contribution in [3.63, 3.8) is 0 Å². The second-order valence-electron chi connectivity index (χ2n) is 6.93. The first-order chi connectivity index (χ1) is 11.1. The summed E-state index contributed by atoms with van der Waals surface area (Å²) in [6, 6.07) is 9.23. The van der Waals surface area contributed by atoms with Gasteiger partial charge in [0.2, 0.25) is 0 Å². The maximum absolute atomic E-state index is 4.72. The average molecular weight is 486 g/mol. The van der Waals surface area contributed by atoms with Crippen molar-refractivity contribution in [3.8, 4) is 0 Å². The molecule has 0 saturated carbocycles. The van der Waals surface area contributed by atoms with Crippen LogP contribution in [0.2, 0.25) is 13.3 Å². The van der Waals surface area contributed by atoms with Crippen LogP contribution in [0.4, 0.5) is 0 Å². The van der Waals surface area contributed by atoms with Crippen LogP contribution in [0, 0.1) is 6.92 Å². The molecule has 0 aliphatic carbocycles. The molecular formula is C21H36SeSn. The Morgan fingerprint density at radius 3 is 1.70 bits per heavy atom. The van der Waals surface area contributed by atoms with Gasteiger partial charge < -0.3 is 0 Å². The van der Waals surface area contributed by atoms with Gasteiger partial charge >= 0.3 is 156 Å². The molecule has 0 saturated heterocycles. The van der Waals surface area contributed by atoms with Gasteiger partial charge in [0, 0.05) is 0 Å². The number of benzene rings is 1. The van der Waals surface area contributed by atoms with Crippen molar-refractivity contribution in [2.45, 2.75) is 79.5 Å². The van der Waals surface area contributed by atoms with Crippen molar-refractivity contribution in [1.29, 1.82) is 0 Å². The number of aryl methyl sites for hydroxylation is 1. The first kappa shape index (κ1) is 21.3. The monoisotopic (exact) mass is 488 g/mol. The van der Waals surface area contributed by atoms with E-state index in [1.54, 1.807) is 20.3 Å². The van der Waals surface area contributed by atoms with E-state index in [1.807, 2.05) is 0 Å². The maximum atomic E-state index is 4.72. The Balaban J connectivity index is 2.92. The fraction of sp³-hybridized carbons (Fsp3) is 0.619. The van der Waals surface area contributed by atoms with Crippen LogP contribution < -0.4 is 4.46 Å². The van der Waals surface area contributed by atoms with Gasteiger partial charge in [-0.25, -0.2) is 0 Å². The zero-order valence-electron chi connectivity index (χ0n) is 15.8. The molecule has 0 aliphatic heterocycles. The molecule has 1 aromatic carbocycles. The van der Waals surface area contributed by atoms with Crippen LogP contribution in [0.1, 0.15) is 64.9 Å². The quantitative estimate of drug-likeness (QED) is 0.308. The van der Waals surface area contributed by atoms with E-state index in [0.717, 1.165) is 0 Å². The van der Waals surface area contributed by atoms with E-state index in [0.29, 0.717) is 15.0 Å². The molecule has 0 N–H and O–H groups in total. The normalized spacial score (nSPS) is 11.7. The van der Waals surface area contributed by atoms with Crippen LogP contribution in [-0.4, -0.2) is 33.3 Å². The van der Waals surface area contributed by atoms with Gasteiger partial charge in [-0.1, -0.05) is 0 Å². The second kappa shape index (κ2) is 11.8. The molecule has 0 heterocycles. The Hall–Kier alpha value is 0.278. The summed E-state index contributed by atoms with van der Waals surface area (Å²) in [4.78, 5) is 0. The third-order valence-electron chi connectivity index (χ3n) is 4.88. The van der Waals surface area contributed by atoms with E-state index < -0.39 is 18.4 Å². The standard InChI is InChI=1S/C9H9Se.3C4H9.Sn/c1-3-10-9-6-4-8(2)5-7-9;3*1-3-4-2;/h4-7H,1H2,2H3;3*1,3-4H2,2H3;. The summed E-state index contributed by atoms with van der Waals surface area (Å²) in [6.45, 7) is 14.0. The molecular weight excluding hydrogens is 450 g/mol. The fourth-order valence-electron chi connectivity index (χ4n) is 3.20. The molecule has 0 aliphatic rings. The minimum atomic E-state index is -2.21. The van der Waals surface area contributed by atoms with Crippen LogP contribution >= 0.6 is 0 Å². The average Bonchev–Trinajstić information content (AvgIpc) is 2.56. The van der Waals surface area contributed by atoms with Gasteiger partial charge in [0.05, 0.1) is 0 Å². The fourth-order valence-corrected chi connectivity index (χ4v) is 27.4. The molecule has 23 heavy (non-hydrogen) atoms. The Labute approximate surface area is 155 Å². The molecule has 0 bridgehead atoms. The van der Waals surface area contributed by atoms with Gasteiger partial charge in [0.15, 0.2) is 0 Å². The molecule has 0 atom stereocenters. The van der Waals surface area contributed by atoms with Crippen molar-refractivity contribution in [2.75, 3.05) is 0 Å². The Kier molecular flexibility index (Phi) is 10.9. The van der Waals surface area contributed by atoms with E-state index >= 15 is 0 Å². The molecule has 2 heteroatoms. The molecule has 1 aromatic rings. The third kappa shape index (κ3) is 7.36. The minimum absolute atomic E-state index is 0.499. The molecule has 0 amide bonds. The molecule has 0 fully saturated rings. The Morgan fingerprint density at radius 2 is 1.30 bits per heavy atom. The van der Waals surface area contributed by atoms with E-state index in [-0.39, 0.29) is 0 Å². The molecule has 0 nitrogen and oxygen atoms in total. The van der Waals surface area contributed by atoms with Crippen molar-refractivity contribution >= 4 is 37.8 Å². The van der Waals surface area contributed by atoms with E-state index in [2.05, 4.69) is 52.0 Å². The number of rotatable bonds is 12. The van der Waals surface area contributed by atoms with Crippen LogP contribution in [-0.2, 0) is 0 Å². The summed E-state index contributed by atoms with van der Waals surface area (Å²) in [5.41, 5.74) is 1.37. The zero-order valence-corrected chi connectivity index (χ0v) is 20.4. The number of hydrogen-bond acceptors (Lipinski definition) is 0. The summed E-state index contributed by atoms with van der Waals surface area (Å²) < 4.78 is 7.96. The molecule has 130 valence electrons. The van der Waals surface area contributed by atoms with E-state index in [9.17, 15) is 0 Å². The number of hydrogen-bond donors (Lipinski definition) is 0. The van der Waals surface area contributed by atoms with Crippen LogP contribution in [0.15, 0.2) is 33.3 Å². The zero-order chi connectivity index (χ0) is 17.1. The van der Waals surface area contributed by atoms with Crippen LogP contribution in [0.3, 0.4) is 0 Å². The van der Waals surface area contributed by atoms with E-state index in [1.165, 1.54) is 44.1 Å². The number of unbranched alkanes of at least 4 members (excludes halogenated alkanes) is 3. The van der Waals surface area contributed by atoms with Crippen molar-refractivity contribution in [2.24, 2.45) is 0 Å². The molecule has 0 radical (unpaired) electrons. The van der Waals surface area contributed by atoms with E-state index in [4.69, 9.17) is 6.58 Å². The van der Waals surface area contributed by atoms with Crippen molar-refractivity contribution in [3.05, 3.63) is 38.9 Å². The summed E-state index contributed by atoms with van der Waals surface area (Å²) in [6.07, 6.45) is 8.36.